The monoisotopic (exact) mass is 453 g/mol. The molecule has 3 aromatic rings. The number of aromatic hydroxyl groups is 1. The molecule has 7 heteroatoms. The second-order valence-corrected chi connectivity index (χ2v) is 9.11. The van der Waals surface area contributed by atoms with E-state index in [-0.39, 0.29) is 35.1 Å². The molecule has 3 aromatic carbocycles. The summed E-state index contributed by atoms with van der Waals surface area (Å²) in [5.41, 5.74) is 2.06. The molecule has 4 nitrogen and oxygen atoms in total. The van der Waals surface area contributed by atoms with Crippen molar-refractivity contribution in [2.75, 3.05) is 16.9 Å². The lowest BCUT2D eigenvalue weighted by atomic mass is 9.92. The lowest BCUT2D eigenvalue weighted by molar-refractivity contribution is -0.123. The van der Waals surface area contributed by atoms with E-state index in [2.05, 4.69) is 0 Å². The summed E-state index contributed by atoms with van der Waals surface area (Å²) < 4.78 is 13.4. The summed E-state index contributed by atoms with van der Waals surface area (Å²) in [4.78, 5) is 28.3. The van der Waals surface area contributed by atoms with Gasteiger partial charge in [0.1, 0.15) is 16.8 Å². The van der Waals surface area contributed by atoms with Crippen LogP contribution in [0.2, 0.25) is 0 Å². The maximum absolute atomic E-state index is 13.4. The lowest BCUT2D eigenvalue weighted by Crippen LogP contribution is -2.57. The molecule has 158 valence electrons. The predicted molar refractivity (Wildman–Crippen MR) is 124 cm³/mol. The zero-order valence-electron chi connectivity index (χ0n) is 16.7. The largest absolute Gasteiger partial charge is 0.508 e. The number of nitrogens with zero attached hydrogens (tertiary/aromatic N) is 1. The Balaban J connectivity index is 1.53. The van der Waals surface area contributed by atoms with Crippen LogP contribution in [0.5, 0.6) is 5.75 Å². The van der Waals surface area contributed by atoms with E-state index in [0.717, 1.165) is 10.5 Å². The van der Waals surface area contributed by atoms with Crippen LogP contribution in [-0.2, 0) is 4.79 Å². The topological polar surface area (TPSA) is 57.6 Å². The third kappa shape index (κ3) is 4.48. The molecule has 0 bridgehead atoms. The molecule has 0 aromatic heterocycles. The van der Waals surface area contributed by atoms with Crippen molar-refractivity contribution >= 4 is 40.9 Å². The van der Waals surface area contributed by atoms with Crippen LogP contribution in [0.1, 0.15) is 22.0 Å². The number of benzene rings is 3. The average molecular weight is 454 g/mol. The molecule has 1 saturated heterocycles. The molecule has 1 fully saturated rings. The standard InChI is InChI=1S/C24H20FNO3S2/c1-30-20-12-4-15(5-13-20)21(28)14-31-23-22(16-2-10-19(27)11-3-16)26(24(23)29)18-8-6-17(25)7-9-18/h2-13,22-23,27H,14H2,1H3. The van der Waals surface area contributed by atoms with Crippen LogP contribution in [-0.4, -0.2) is 34.1 Å². The van der Waals surface area contributed by atoms with E-state index in [1.165, 1.54) is 23.9 Å². The van der Waals surface area contributed by atoms with Gasteiger partial charge in [-0.3, -0.25) is 9.59 Å². The number of hydrogen-bond donors (Lipinski definition) is 1. The molecule has 2 unspecified atom stereocenters. The van der Waals surface area contributed by atoms with Gasteiger partial charge in [-0.05, 0) is 60.4 Å². The highest BCUT2D eigenvalue weighted by Crippen LogP contribution is 2.45. The summed E-state index contributed by atoms with van der Waals surface area (Å²) in [6, 6.07) is 19.6. The number of hydrogen-bond acceptors (Lipinski definition) is 5. The number of β-lactam (4-membered cyclic amide) rings is 1. The number of ketones is 1. The highest BCUT2D eigenvalue weighted by molar-refractivity contribution is 8.01. The summed E-state index contributed by atoms with van der Waals surface area (Å²) in [7, 11) is 0. The second kappa shape index (κ2) is 9.16. The van der Waals surface area contributed by atoms with Crippen molar-refractivity contribution < 1.29 is 19.1 Å². The molecule has 0 aliphatic carbocycles. The molecule has 1 aliphatic heterocycles. The maximum atomic E-state index is 13.4. The van der Waals surface area contributed by atoms with Crippen LogP contribution in [0.3, 0.4) is 0 Å². The summed E-state index contributed by atoms with van der Waals surface area (Å²) >= 11 is 2.92. The number of halogens is 1. The highest BCUT2D eigenvalue weighted by atomic mass is 32.2. The van der Waals surface area contributed by atoms with Crippen LogP contribution >= 0.6 is 23.5 Å². The fourth-order valence-electron chi connectivity index (χ4n) is 3.54. The average Bonchev–Trinajstić information content (AvgIpc) is 2.79. The van der Waals surface area contributed by atoms with E-state index in [1.807, 2.05) is 18.4 Å². The number of Topliss-reactive ketones (excluding diaryl/α,β-unsaturated/α-hetero) is 1. The maximum Gasteiger partial charge on any atom is 0.243 e. The Morgan fingerprint density at radius 3 is 2.26 bits per heavy atom. The first kappa shape index (κ1) is 21.5. The number of rotatable bonds is 7. The Hall–Kier alpha value is -2.77. The van der Waals surface area contributed by atoms with E-state index in [1.54, 1.807) is 65.2 Å². The van der Waals surface area contributed by atoms with Crippen molar-refractivity contribution in [2.24, 2.45) is 0 Å². The molecule has 0 radical (unpaired) electrons. The van der Waals surface area contributed by atoms with Gasteiger partial charge < -0.3 is 10.0 Å². The molecule has 2 atom stereocenters. The van der Waals surface area contributed by atoms with Gasteiger partial charge in [0.2, 0.25) is 5.91 Å². The number of thioether (sulfide) groups is 2. The Kier molecular flexibility index (Phi) is 6.34. The Morgan fingerprint density at radius 2 is 1.65 bits per heavy atom. The van der Waals surface area contributed by atoms with Crippen molar-refractivity contribution in [3.63, 3.8) is 0 Å². The van der Waals surface area contributed by atoms with Gasteiger partial charge in [-0.1, -0.05) is 24.3 Å². The third-order valence-electron chi connectivity index (χ3n) is 5.19. The normalized spacial score (nSPS) is 18.0. The molecule has 0 spiro atoms. The first-order chi connectivity index (χ1) is 15.0. The lowest BCUT2D eigenvalue weighted by Gasteiger charge is -2.47. The Bertz CT molecular complexity index is 1090. The smallest absolute Gasteiger partial charge is 0.243 e. The second-order valence-electron chi connectivity index (χ2n) is 7.10. The first-order valence-corrected chi connectivity index (χ1v) is 11.9. The summed E-state index contributed by atoms with van der Waals surface area (Å²) in [5, 5.41) is 9.19. The fourth-order valence-corrected chi connectivity index (χ4v) is 5.16. The number of phenols is 1. The van der Waals surface area contributed by atoms with Gasteiger partial charge in [-0.15, -0.1) is 23.5 Å². The SMILES string of the molecule is CSc1ccc(C(=O)CSC2C(=O)N(c3ccc(F)cc3)C2c2ccc(O)cc2)cc1. The molecular formula is C24H20FNO3S2. The van der Waals surface area contributed by atoms with E-state index in [0.29, 0.717) is 11.3 Å². The molecule has 1 N–H and O–H groups in total. The van der Waals surface area contributed by atoms with Gasteiger partial charge in [-0.2, -0.15) is 0 Å². The van der Waals surface area contributed by atoms with Gasteiger partial charge in [0, 0.05) is 16.1 Å². The molecule has 31 heavy (non-hydrogen) atoms. The highest BCUT2D eigenvalue weighted by Gasteiger charge is 2.49. The molecule has 4 rings (SSSR count). The van der Waals surface area contributed by atoms with E-state index in [4.69, 9.17) is 0 Å². The van der Waals surface area contributed by atoms with Crippen molar-refractivity contribution in [3.05, 3.63) is 89.7 Å². The van der Waals surface area contributed by atoms with Crippen LogP contribution in [0.15, 0.2) is 77.7 Å². The Morgan fingerprint density at radius 1 is 1.00 bits per heavy atom. The first-order valence-electron chi connectivity index (χ1n) is 9.64. The van der Waals surface area contributed by atoms with Gasteiger partial charge in [0.05, 0.1) is 11.8 Å². The molecule has 1 heterocycles. The minimum atomic E-state index is -0.441. The summed E-state index contributed by atoms with van der Waals surface area (Å²) in [6.07, 6.45) is 1.98. The molecule has 1 aliphatic rings. The quantitative estimate of drug-likeness (QED) is 0.298. The fraction of sp³-hybridized carbons (Fsp3) is 0.167. The minimum absolute atomic E-state index is 0.0323. The van der Waals surface area contributed by atoms with Gasteiger partial charge in [0.25, 0.3) is 0 Å². The summed E-state index contributed by atoms with van der Waals surface area (Å²) in [5.74, 6) is -0.214. The van der Waals surface area contributed by atoms with Crippen molar-refractivity contribution in [2.45, 2.75) is 16.2 Å². The molecule has 0 saturated carbocycles. The number of anilines is 1. The number of carbonyl (C=O) groups is 2. The van der Waals surface area contributed by atoms with Crippen LogP contribution in [0.25, 0.3) is 0 Å². The van der Waals surface area contributed by atoms with Gasteiger partial charge in [-0.25, -0.2) is 4.39 Å². The predicted octanol–water partition coefficient (Wildman–Crippen LogP) is 5.33. The van der Waals surface area contributed by atoms with Crippen LogP contribution in [0.4, 0.5) is 10.1 Å². The zero-order chi connectivity index (χ0) is 22.0. The van der Waals surface area contributed by atoms with E-state index < -0.39 is 5.25 Å². The molecular weight excluding hydrogens is 433 g/mol. The van der Waals surface area contributed by atoms with E-state index >= 15 is 0 Å². The van der Waals surface area contributed by atoms with Crippen LogP contribution in [0, 0.1) is 5.82 Å². The third-order valence-corrected chi connectivity index (χ3v) is 7.18. The minimum Gasteiger partial charge on any atom is -0.508 e. The van der Waals surface area contributed by atoms with Crippen molar-refractivity contribution in [1.82, 2.24) is 0 Å². The molecule has 1 amide bonds. The number of carbonyl (C=O) groups excluding carboxylic acids is 2. The number of phenolic OH excluding ortho intramolecular Hbond substituents is 1. The van der Waals surface area contributed by atoms with Gasteiger partial charge >= 0.3 is 0 Å². The van der Waals surface area contributed by atoms with Gasteiger partial charge in [0.15, 0.2) is 5.78 Å². The zero-order valence-corrected chi connectivity index (χ0v) is 18.3. The van der Waals surface area contributed by atoms with Crippen LogP contribution < -0.4 is 4.90 Å². The van der Waals surface area contributed by atoms with Crippen molar-refractivity contribution in [1.29, 1.82) is 0 Å². The Labute approximate surface area is 188 Å². The van der Waals surface area contributed by atoms with Crippen molar-refractivity contribution in [3.8, 4) is 5.75 Å². The van der Waals surface area contributed by atoms with E-state index in [9.17, 15) is 19.1 Å². The number of amides is 1. The summed E-state index contributed by atoms with van der Waals surface area (Å²) in [6.45, 7) is 0.